The fourth-order valence-electron chi connectivity index (χ4n) is 2.87. The van der Waals surface area contributed by atoms with E-state index in [4.69, 9.17) is 4.74 Å². The Balaban J connectivity index is 1.55. The van der Waals surface area contributed by atoms with Crippen LogP contribution in [0.1, 0.15) is 18.4 Å². The van der Waals surface area contributed by atoms with Crippen molar-refractivity contribution in [1.29, 1.82) is 0 Å². The molecule has 1 heterocycles. The molecule has 3 nitrogen and oxygen atoms in total. The van der Waals surface area contributed by atoms with E-state index in [9.17, 15) is 0 Å². The van der Waals surface area contributed by atoms with Gasteiger partial charge in [-0.3, -0.25) is 0 Å². The number of ether oxygens (including phenoxy) is 1. The lowest BCUT2D eigenvalue weighted by Crippen LogP contribution is -2.47. The molecule has 1 N–H and O–H groups in total. The van der Waals surface area contributed by atoms with Gasteiger partial charge in [-0.1, -0.05) is 12.2 Å². The van der Waals surface area contributed by atoms with Crippen molar-refractivity contribution in [1.82, 2.24) is 10.3 Å². The number of hydrogen-bond donors (Lipinski definition) is 1. The van der Waals surface area contributed by atoms with Crippen LogP contribution in [0.25, 0.3) is 0 Å². The summed E-state index contributed by atoms with van der Waals surface area (Å²) in [4.78, 5) is 4.11. The van der Waals surface area contributed by atoms with Crippen LogP contribution in [-0.4, -0.2) is 18.1 Å². The molecule has 0 amide bonds. The maximum atomic E-state index is 5.12. The number of allylic oxidation sites excluding steroid dienone is 1. The van der Waals surface area contributed by atoms with Gasteiger partial charge in [0.1, 0.15) is 0 Å². The van der Waals surface area contributed by atoms with Crippen LogP contribution in [-0.2, 0) is 6.54 Å². The standard InChI is InChI=1S/C14H18N2O/c1-17-14-7-10(5-6-15-14)9-16-13-8-11-3-2-4-12(11)13/h2,4-7,11-13,16H,3,8-9H2,1H3. The van der Waals surface area contributed by atoms with Gasteiger partial charge in [0.15, 0.2) is 0 Å². The lowest BCUT2D eigenvalue weighted by molar-refractivity contribution is 0.162. The Morgan fingerprint density at radius 2 is 2.47 bits per heavy atom. The minimum atomic E-state index is 0.665. The summed E-state index contributed by atoms with van der Waals surface area (Å²) in [6, 6.07) is 4.70. The van der Waals surface area contributed by atoms with Gasteiger partial charge in [-0.25, -0.2) is 4.98 Å². The van der Waals surface area contributed by atoms with Crippen molar-refractivity contribution in [2.75, 3.05) is 7.11 Å². The molecule has 3 atom stereocenters. The lowest BCUT2D eigenvalue weighted by atomic mass is 9.71. The van der Waals surface area contributed by atoms with Crippen LogP contribution in [0.3, 0.4) is 0 Å². The first-order valence-electron chi connectivity index (χ1n) is 6.26. The maximum absolute atomic E-state index is 5.12. The van der Waals surface area contributed by atoms with Crippen molar-refractivity contribution in [3.05, 3.63) is 36.0 Å². The predicted octanol–water partition coefficient (Wildman–Crippen LogP) is 2.14. The van der Waals surface area contributed by atoms with Gasteiger partial charge >= 0.3 is 0 Å². The molecule has 0 aliphatic heterocycles. The molecule has 1 aromatic rings. The van der Waals surface area contributed by atoms with Crippen molar-refractivity contribution in [2.45, 2.75) is 25.4 Å². The van der Waals surface area contributed by atoms with E-state index < -0.39 is 0 Å². The fourth-order valence-corrected chi connectivity index (χ4v) is 2.87. The smallest absolute Gasteiger partial charge is 0.213 e. The molecule has 2 aliphatic carbocycles. The number of aromatic nitrogens is 1. The predicted molar refractivity (Wildman–Crippen MR) is 66.8 cm³/mol. The molecule has 0 spiro atoms. The molecule has 0 saturated heterocycles. The van der Waals surface area contributed by atoms with Gasteiger partial charge in [0.2, 0.25) is 5.88 Å². The molecule has 90 valence electrons. The molecule has 0 bridgehead atoms. The average Bonchev–Trinajstić information content (AvgIpc) is 2.72. The molecule has 3 unspecified atom stereocenters. The number of fused-ring (bicyclic) bond motifs is 1. The summed E-state index contributed by atoms with van der Waals surface area (Å²) < 4.78 is 5.12. The normalized spacial score (nSPS) is 29.8. The minimum absolute atomic E-state index is 0.665. The van der Waals surface area contributed by atoms with Gasteiger partial charge in [0.05, 0.1) is 7.11 Å². The monoisotopic (exact) mass is 230 g/mol. The molecule has 17 heavy (non-hydrogen) atoms. The summed E-state index contributed by atoms with van der Waals surface area (Å²) >= 11 is 0. The second-order valence-corrected chi connectivity index (χ2v) is 4.93. The van der Waals surface area contributed by atoms with Crippen LogP contribution >= 0.6 is 0 Å². The topological polar surface area (TPSA) is 34.1 Å². The summed E-state index contributed by atoms with van der Waals surface area (Å²) in [6.07, 6.45) is 9.10. The Hall–Kier alpha value is -1.35. The van der Waals surface area contributed by atoms with Crippen molar-refractivity contribution in [2.24, 2.45) is 11.8 Å². The number of rotatable bonds is 4. The molecule has 0 radical (unpaired) electrons. The number of nitrogens with one attached hydrogen (secondary N) is 1. The summed E-state index contributed by atoms with van der Waals surface area (Å²) in [5.74, 6) is 2.38. The first kappa shape index (κ1) is 10.8. The summed E-state index contributed by atoms with van der Waals surface area (Å²) in [7, 11) is 1.65. The second-order valence-electron chi connectivity index (χ2n) is 4.93. The summed E-state index contributed by atoms with van der Waals surface area (Å²) in [5.41, 5.74) is 1.24. The third-order valence-corrected chi connectivity index (χ3v) is 3.94. The van der Waals surface area contributed by atoms with Crippen LogP contribution in [0.4, 0.5) is 0 Å². The molecule has 1 fully saturated rings. The summed E-state index contributed by atoms with van der Waals surface area (Å²) in [6.45, 7) is 0.903. The Labute approximate surface area is 102 Å². The zero-order valence-corrected chi connectivity index (χ0v) is 10.1. The van der Waals surface area contributed by atoms with E-state index >= 15 is 0 Å². The third kappa shape index (κ3) is 2.07. The molecular formula is C14H18N2O. The zero-order chi connectivity index (χ0) is 11.7. The van der Waals surface area contributed by atoms with Gasteiger partial charge in [-0.2, -0.15) is 0 Å². The lowest BCUT2D eigenvalue weighted by Gasteiger charge is -2.40. The van der Waals surface area contributed by atoms with Gasteiger partial charge < -0.3 is 10.1 Å². The van der Waals surface area contributed by atoms with Gasteiger partial charge in [-0.05, 0) is 36.3 Å². The number of pyridine rings is 1. The number of hydrogen-bond acceptors (Lipinski definition) is 3. The van der Waals surface area contributed by atoms with Crippen molar-refractivity contribution >= 4 is 0 Å². The average molecular weight is 230 g/mol. The van der Waals surface area contributed by atoms with Crippen molar-refractivity contribution in [3.8, 4) is 5.88 Å². The first-order valence-corrected chi connectivity index (χ1v) is 6.26. The van der Waals surface area contributed by atoms with Crippen LogP contribution in [0.5, 0.6) is 5.88 Å². The largest absolute Gasteiger partial charge is 0.481 e. The first-order chi connectivity index (χ1) is 8.36. The molecule has 3 heteroatoms. The molecule has 1 aromatic heterocycles. The molecule has 1 saturated carbocycles. The van der Waals surface area contributed by atoms with E-state index in [1.807, 2.05) is 12.1 Å². The zero-order valence-electron chi connectivity index (χ0n) is 10.1. The Bertz CT molecular complexity index is 430. The highest BCUT2D eigenvalue weighted by atomic mass is 16.5. The second kappa shape index (κ2) is 4.49. The molecule has 0 aromatic carbocycles. The molecule has 2 aliphatic rings. The van der Waals surface area contributed by atoms with Crippen LogP contribution in [0, 0.1) is 11.8 Å². The highest BCUT2D eigenvalue weighted by Crippen LogP contribution is 2.42. The molecule has 3 rings (SSSR count). The maximum Gasteiger partial charge on any atom is 0.213 e. The summed E-state index contributed by atoms with van der Waals surface area (Å²) in [5, 5.41) is 3.62. The highest BCUT2D eigenvalue weighted by molar-refractivity contribution is 5.21. The third-order valence-electron chi connectivity index (χ3n) is 3.94. The highest BCUT2D eigenvalue weighted by Gasteiger charge is 2.40. The van der Waals surface area contributed by atoms with Crippen LogP contribution in [0.2, 0.25) is 0 Å². The fraction of sp³-hybridized carbons (Fsp3) is 0.500. The Kier molecular flexibility index (Phi) is 2.85. The van der Waals surface area contributed by atoms with E-state index in [0.717, 1.165) is 18.4 Å². The quantitative estimate of drug-likeness (QED) is 0.805. The molecular weight excluding hydrogens is 212 g/mol. The van der Waals surface area contributed by atoms with Gasteiger partial charge in [0, 0.05) is 24.8 Å². The number of methoxy groups -OCH3 is 1. The van der Waals surface area contributed by atoms with Crippen LogP contribution < -0.4 is 10.1 Å². The van der Waals surface area contributed by atoms with E-state index in [1.54, 1.807) is 13.3 Å². The van der Waals surface area contributed by atoms with Gasteiger partial charge in [-0.15, -0.1) is 0 Å². The van der Waals surface area contributed by atoms with Gasteiger partial charge in [0.25, 0.3) is 0 Å². The Morgan fingerprint density at radius 1 is 1.53 bits per heavy atom. The van der Waals surface area contributed by atoms with Crippen LogP contribution in [0.15, 0.2) is 30.5 Å². The number of nitrogens with zero attached hydrogens (tertiary/aromatic N) is 1. The van der Waals surface area contributed by atoms with Crippen molar-refractivity contribution < 1.29 is 4.74 Å². The van der Waals surface area contributed by atoms with E-state index in [2.05, 4.69) is 22.5 Å². The Morgan fingerprint density at radius 3 is 3.29 bits per heavy atom. The van der Waals surface area contributed by atoms with Crippen molar-refractivity contribution in [3.63, 3.8) is 0 Å². The SMILES string of the molecule is COc1cc(CNC2CC3CC=CC32)ccn1. The van der Waals surface area contributed by atoms with E-state index in [0.29, 0.717) is 11.9 Å². The van der Waals surface area contributed by atoms with E-state index in [-0.39, 0.29) is 0 Å². The minimum Gasteiger partial charge on any atom is -0.481 e. The van der Waals surface area contributed by atoms with E-state index in [1.165, 1.54) is 18.4 Å².